The summed E-state index contributed by atoms with van der Waals surface area (Å²) in [6.45, 7) is 0.803. The number of hydrogen-bond acceptors (Lipinski definition) is 3. The van der Waals surface area contributed by atoms with Crippen molar-refractivity contribution >= 4 is 28.5 Å². The molecule has 5 heteroatoms. The van der Waals surface area contributed by atoms with E-state index in [1.807, 2.05) is 26.2 Å². The number of hydrogen-bond donors (Lipinski definition) is 1. The molecule has 0 saturated heterocycles. The van der Waals surface area contributed by atoms with Gasteiger partial charge in [0.05, 0.1) is 0 Å². The Balaban J connectivity index is 3.16. The van der Waals surface area contributed by atoms with Gasteiger partial charge in [0, 0.05) is 19.2 Å². The van der Waals surface area contributed by atoms with Crippen LogP contribution in [0.2, 0.25) is 0 Å². The van der Waals surface area contributed by atoms with Crippen molar-refractivity contribution in [3.63, 3.8) is 0 Å². The average Bonchev–Trinajstić information content (AvgIpc) is 2.27. The molecule has 1 unspecified atom stereocenters. The summed E-state index contributed by atoms with van der Waals surface area (Å²) in [6, 6.07) is 5.49. The highest BCUT2D eigenvalue weighted by molar-refractivity contribution is 14.1. The van der Waals surface area contributed by atoms with Crippen LogP contribution in [-0.2, 0) is 11.3 Å². The minimum Gasteiger partial charge on any atom is -0.366 e. The highest BCUT2D eigenvalue weighted by Gasteiger charge is 2.14. The molecule has 0 fully saturated rings. The number of primary amides is 1. The van der Waals surface area contributed by atoms with Gasteiger partial charge < -0.3 is 15.4 Å². The van der Waals surface area contributed by atoms with Crippen LogP contribution in [0.3, 0.4) is 0 Å². The van der Waals surface area contributed by atoms with Crippen LogP contribution in [0.15, 0.2) is 18.2 Å². The second-order valence-electron chi connectivity index (χ2n) is 4.07. The molecule has 1 aromatic rings. The minimum absolute atomic E-state index is 0.0816. The number of methoxy groups -OCH3 is 1. The zero-order valence-electron chi connectivity index (χ0n) is 10.2. The van der Waals surface area contributed by atoms with Crippen molar-refractivity contribution in [3.05, 3.63) is 34.9 Å². The Bertz CT molecular complexity index is 407. The lowest BCUT2D eigenvalue weighted by Gasteiger charge is -2.17. The molecule has 0 aliphatic carbocycles. The summed E-state index contributed by atoms with van der Waals surface area (Å²) < 4.78 is 5.23. The number of benzene rings is 1. The Labute approximate surface area is 115 Å². The molecule has 1 rings (SSSR count). The zero-order chi connectivity index (χ0) is 13.0. The number of ether oxygens (including phenoxy) is 1. The number of alkyl halides is 1. The average molecular weight is 348 g/mol. The van der Waals surface area contributed by atoms with Gasteiger partial charge in [-0.2, -0.15) is 0 Å². The van der Waals surface area contributed by atoms with E-state index < -0.39 is 5.91 Å². The SMILES string of the molecule is COC(I)c1cc(C(N)=O)ccc1CN(C)C. The summed E-state index contributed by atoms with van der Waals surface area (Å²) in [6.07, 6.45) is 0. The molecule has 1 atom stereocenters. The maximum absolute atomic E-state index is 11.2. The van der Waals surface area contributed by atoms with Gasteiger partial charge in [-0.1, -0.05) is 6.07 Å². The number of nitrogens with two attached hydrogens (primary N) is 1. The second-order valence-corrected chi connectivity index (χ2v) is 5.20. The fourth-order valence-electron chi connectivity index (χ4n) is 1.57. The van der Waals surface area contributed by atoms with Crippen molar-refractivity contribution in [2.24, 2.45) is 5.73 Å². The fraction of sp³-hybridized carbons (Fsp3) is 0.417. The summed E-state index contributed by atoms with van der Waals surface area (Å²) in [7, 11) is 5.65. The number of carbonyl (C=O) groups is 1. The maximum atomic E-state index is 11.2. The zero-order valence-corrected chi connectivity index (χ0v) is 12.4. The highest BCUT2D eigenvalue weighted by Crippen LogP contribution is 2.28. The van der Waals surface area contributed by atoms with E-state index in [2.05, 4.69) is 27.5 Å². The van der Waals surface area contributed by atoms with Crippen LogP contribution >= 0.6 is 22.6 Å². The first-order valence-electron chi connectivity index (χ1n) is 5.20. The van der Waals surface area contributed by atoms with E-state index in [1.165, 1.54) is 0 Å². The monoisotopic (exact) mass is 348 g/mol. The predicted octanol–water partition coefficient (Wildman–Crippen LogP) is 1.93. The molecule has 0 aliphatic rings. The van der Waals surface area contributed by atoms with Crippen molar-refractivity contribution < 1.29 is 9.53 Å². The van der Waals surface area contributed by atoms with Gasteiger partial charge in [0.25, 0.3) is 0 Å². The summed E-state index contributed by atoms with van der Waals surface area (Å²) >= 11 is 2.19. The first kappa shape index (κ1) is 14.4. The molecule has 0 bridgehead atoms. The van der Waals surface area contributed by atoms with E-state index in [1.54, 1.807) is 13.2 Å². The van der Waals surface area contributed by atoms with E-state index in [0.717, 1.165) is 17.7 Å². The third-order valence-corrected chi connectivity index (χ3v) is 3.55. The molecule has 4 nitrogen and oxygen atoms in total. The van der Waals surface area contributed by atoms with Crippen molar-refractivity contribution in [2.75, 3.05) is 21.2 Å². The Hall–Kier alpha value is -0.660. The van der Waals surface area contributed by atoms with Gasteiger partial charge >= 0.3 is 0 Å². The van der Waals surface area contributed by atoms with Crippen LogP contribution in [0.25, 0.3) is 0 Å². The maximum Gasteiger partial charge on any atom is 0.248 e. The van der Waals surface area contributed by atoms with E-state index in [-0.39, 0.29) is 4.11 Å². The smallest absolute Gasteiger partial charge is 0.248 e. The first-order valence-corrected chi connectivity index (χ1v) is 6.44. The lowest BCUT2D eigenvalue weighted by atomic mass is 10.0. The van der Waals surface area contributed by atoms with E-state index >= 15 is 0 Å². The van der Waals surface area contributed by atoms with Crippen LogP contribution < -0.4 is 5.73 Å². The number of carbonyl (C=O) groups excluding carboxylic acids is 1. The molecule has 1 amide bonds. The number of amides is 1. The van der Waals surface area contributed by atoms with Crippen LogP contribution in [0, 0.1) is 0 Å². The van der Waals surface area contributed by atoms with Crippen molar-refractivity contribution in [2.45, 2.75) is 10.7 Å². The second kappa shape index (κ2) is 6.32. The third-order valence-electron chi connectivity index (χ3n) is 2.37. The Kier molecular flexibility index (Phi) is 5.35. The molecule has 0 heterocycles. The highest BCUT2D eigenvalue weighted by atomic mass is 127. The topological polar surface area (TPSA) is 55.6 Å². The van der Waals surface area contributed by atoms with Gasteiger partial charge in [0.15, 0.2) is 0 Å². The molecule has 0 aliphatic heterocycles. The molecule has 94 valence electrons. The lowest BCUT2D eigenvalue weighted by molar-refractivity contribution is 0.1000. The number of halogens is 1. The molecule has 1 aromatic carbocycles. The van der Waals surface area contributed by atoms with Crippen molar-refractivity contribution in [1.82, 2.24) is 4.90 Å². The van der Waals surface area contributed by atoms with Crippen LogP contribution in [0.1, 0.15) is 25.6 Å². The van der Waals surface area contributed by atoms with Gasteiger partial charge in [-0.05, 0) is 59.9 Å². The molecule has 0 spiro atoms. The first-order chi connectivity index (χ1) is 7.95. The Morgan fingerprint density at radius 2 is 2.18 bits per heavy atom. The van der Waals surface area contributed by atoms with Crippen LogP contribution in [0.5, 0.6) is 0 Å². The summed E-state index contributed by atoms with van der Waals surface area (Å²) in [5, 5.41) is 0. The van der Waals surface area contributed by atoms with Gasteiger partial charge in [-0.25, -0.2) is 0 Å². The van der Waals surface area contributed by atoms with E-state index in [4.69, 9.17) is 10.5 Å². The molecular weight excluding hydrogens is 331 g/mol. The van der Waals surface area contributed by atoms with Crippen molar-refractivity contribution in [3.8, 4) is 0 Å². The molecule has 17 heavy (non-hydrogen) atoms. The van der Waals surface area contributed by atoms with Gasteiger partial charge in [0.2, 0.25) is 5.91 Å². The minimum atomic E-state index is -0.414. The predicted molar refractivity (Wildman–Crippen MR) is 76.1 cm³/mol. The third kappa shape index (κ3) is 3.93. The normalized spacial score (nSPS) is 12.8. The Morgan fingerprint density at radius 3 is 2.65 bits per heavy atom. The molecular formula is C12H17IN2O2. The van der Waals surface area contributed by atoms with Crippen molar-refractivity contribution in [1.29, 1.82) is 0 Å². The quantitative estimate of drug-likeness (QED) is 0.654. The van der Waals surface area contributed by atoms with Crippen LogP contribution in [0.4, 0.5) is 0 Å². The molecule has 2 N–H and O–H groups in total. The molecule has 0 aromatic heterocycles. The number of rotatable bonds is 5. The van der Waals surface area contributed by atoms with Gasteiger partial charge in [0.1, 0.15) is 4.11 Å². The van der Waals surface area contributed by atoms with Crippen LogP contribution in [-0.4, -0.2) is 32.0 Å². The van der Waals surface area contributed by atoms with Gasteiger partial charge in [-0.3, -0.25) is 4.79 Å². The largest absolute Gasteiger partial charge is 0.366 e. The van der Waals surface area contributed by atoms with Gasteiger partial charge in [-0.15, -0.1) is 0 Å². The summed E-state index contributed by atoms with van der Waals surface area (Å²) in [5.41, 5.74) is 7.94. The lowest BCUT2D eigenvalue weighted by Crippen LogP contribution is -2.16. The number of nitrogens with zero attached hydrogens (tertiary/aromatic N) is 1. The summed E-state index contributed by atoms with van der Waals surface area (Å²) in [4.78, 5) is 13.2. The fourth-order valence-corrected chi connectivity index (χ4v) is 2.15. The molecule has 0 saturated carbocycles. The standard InChI is InChI=1S/C12H17IN2O2/c1-15(2)7-9-5-4-8(12(14)16)6-10(9)11(13)17-3/h4-6,11H,7H2,1-3H3,(H2,14,16). The Morgan fingerprint density at radius 1 is 1.53 bits per heavy atom. The summed E-state index contributed by atoms with van der Waals surface area (Å²) in [5.74, 6) is -0.414. The van der Waals surface area contributed by atoms with E-state index in [0.29, 0.717) is 5.56 Å². The molecule has 0 radical (unpaired) electrons. The van der Waals surface area contributed by atoms with E-state index in [9.17, 15) is 4.79 Å².